The van der Waals surface area contributed by atoms with Gasteiger partial charge in [0.1, 0.15) is 11.6 Å². The molecule has 0 spiro atoms. The number of rotatable bonds is 6. The second-order valence-electron chi connectivity index (χ2n) is 8.47. The van der Waals surface area contributed by atoms with Crippen molar-refractivity contribution in [2.45, 2.75) is 32.2 Å². The maximum Gasteiger partial charge on any atom is 0.261 e. The van der Waals surface area contributed by atoms with Gasteiger partial charge in [-0.1, -0.05) is 17.3 Å². The third-order valence-electron chi connectivity index (χ3n) is 6.04. The Bertz CT molecular complexity index is 1290. The van der Waals surface area contributed by atoms with Gasteiger partial charge in [-0.3, -0.25) is 14.4 Å². The molecular weight excluding hydrogens is 459 g/mol. The highest BCUT2D eigenvalue weighted by Crippen LogP contribution is 2.21. The predicted octanol–water partition coefficient (Wildman–Crippen LogP) is 3.50. The first-order chi connectivity index (χ1) is 16.1. The number of halogens is 1. The zero-order valence-corrected chi connectivity index (χ0v) is 20.2. The minimum atomic E-state index is -3.99. The number of hydrogen-bond acceptors (Lipinski definition) is 6. The molecule has 0 unspecified atom stereocenters. The van der Waals surface area contributed by atoms with Crippen LogP contribution in [0.1, 0.15) is 32.9 Å². The fraction of sp³-hybridized carbons (Fsp3) is 0.333. The van der Waals surface area contributed by atoms with Crippen LogP contribution in [0.15, 0.2) is 51.9 Å². The number of aromatic nitrogens is 1. The molecule has 0 atom stereocenters. The molecule has 10 heteroatoms. The van der Waals surface area contributed by atoms with E-state index >= 15 is 0 Å². The van der Waals surface area contributed by atoms with Gasteiger partial charge in [0.25, 0.3) is 15.9 Å². The Morgan fingerprint density at radius 2 is 1.82 bits per heavy atom. The molecule has 1 amide bonds. The molecule has 180 valence electrons. The van der Waals surface area contributed by atoms with Crippen molar-refractivity contribution in [3.05, 3.63) is 76.4 Å². The van der Waals surface area contributed by atoms with Gasteiger partial charge >= 0.3 is 0 Å². The summed E-state index contributed by atoms with van der Waals surface area (Å²) < 4.78 is 46.9. The second-order valence-corrected chi connectivity index (χ2v) is 10.2. The molecule has 2 heterocycles. The van der Waals surface area contributed by atoms with Crippen LogP contribution < -0.4 is 4.72 Å². The highest BCUT2D eigenvalue weighted by Gasteiger charge is 2.24. The zero-order chi connectivity index (χ0) is 24.5. The van der Waals surface area contributed by atoms with Crippen molar-refractivity contribution in [2.24, 2.45) is 0 Å². The van der Waals surface area contributed by atoms with E-state index in [1.165, 1.54) is 18.2 Å². The van der Waals surface area contributed by atoms with Crippen molar-refractivity contribution >= 4 is 21.6 Å². The van der Waals surface area contributed by atoms with Crippen molar-refractivity contribution < 1.29 is 22.1 Å². The van der Waals surface area contributed by atoms with Crippen LogP contribution >= 0.6 is 0 Å². The van der Waals surface area contributed by atoms with Gasteiger partial charge in [0.2, 0.25) is 0 Å². The summed E-state index contributed by atoms with van der Waals surface area (Å²) in [6, 6.07) is 10.1. The number of amides is 1. The average molecular weight is 487 g/mol. The molecule has 3 aromatic rings. The van der Waals surface area contributed by atoms with Gasteiger partial charge in [0.05, 0.1) is 10.6 Å². The molecular formula is C24H27FN4O4S. The van der Waals surface area contributed by atoms with Gasteiger partial charge in [0.15, 0.2) is 0 Å². The summed E-state index contributed by atoms with van der Waals surface area (Å²) in [5.41, 5.74) is 2.94. The lowest BCUT2D eigenvalue weighted by molar-refractivity contribution is 0.0627. The number of aryl methyl sites for hydroxylation is 3. The molecule has 2 aromatic carbocycles. The number of carbonyl (C=O) groups is 1. The van der Waals surface area contributed by atoms with Crippen LogP contribution in [0, 0.1) is 26.6 Å². The van der Waals surface area contributed by atoms with E-state index in [0.29, 0.717) is 37.3 Å². The Labute approximate surface area is 198 Å². The fourth-order valence-electron chi connectivity index (χ4n) is 3.91. The summed E-state index contributed by atoms with van der Waals surface area (Å²) in [6.45, 7) is 8.63. The van der Waals surface area contributed by atoms with Gasteiger partial charge < -0.3 is 9.42 Å². The SMILES string of the molecule is Cc1ccc(S(=O)(=O)Nc2cccc(C(=O)N3CCN(Cc4c(C)noc4C)CC3)c2)cc1F. The van der Waals surface area contributed by atoms with Gasteiger partial charge in [-0.2, -0.15) is 0 Å². The van der Waals surface area contributed by atoms with Crippen molar-refractivity contribution in [3.63, 3.8) is 0 Å². The van der Waals surface area contributed by atoms with E-state index in [1.807, 2.05) is 13.8 Å². The van der Waals surface area contributed by atoms with Crippen molar-refractivity contribution in [1.82, 2.24) is 15.0 Å². The Balaban J connectivity index is 1.40. The van der Waals surface area contributed by atoms with Crippen LogP contribution in [0.5, 0.6) is 0 Å². The summed E-state index contributed by atoms with van der Waals surface area (Å²) in [5, 5.41) is 3.99. The molecule has 1 aliphatic heterocycles. The lowest BCUT2D eigenvalue weighted by atomic mass is 10.1. The first-order valence-electron chi connectivity index (χ1n) is 11.0. The normalized spacial score (nSPS) is 14.9. The summed E-state index contributed by atoms with van der Waals surface area (Å²) in [4.78, 5) is 16.9. The number of hydrogen-bond donors (Lipinski definition) is 1. The number of sulfonamides is 1. The quantitative estimate of drug-likeness (QED) is 0.573. The predicted molar refractivity (Wildman–Crippen MR) is 126 cm³/mol. The number of benzene rings is 2. The van der Waals surface area contributed by atoms with Crippen LogP contribution in [0.3, 0.4) is 0 Å². The molecule has 0 bridgehead atoms. The standard InChI is InChI=1S/C24H27FN4O4S/c1-16-7-8-21(14-23(16)25)34(31,32)27-20-6-4-5-19(13-20)24(30)29-11-9-28(10-12-29)15-22-17(2)26-33-18(22)3/h4-8,13-14,27H,9-12,15H2,1-3H3. The van der Waals surface area contributed by atoms with Crippen LogP contribution in [-0.2, 0) is 16.6 Å². The molecule has 4 rings (SSSR count). The van der Waals surface area contributed by atoms with Crippen molar-refractivity contribution in [1.29, 1.82) is 0 Å². The molecule has 1 fully saturated rings. The van der Waals surface area contributed by atoms with E-state index in [-0.39, 0.29) is 16.5 Å². The highest BCUT2D eigenvalue weighted by atomic mass is 32.2. The summed E-state index contributed by atoms with van der Waals surface area (Å²) in [5.74, 6) is 0.0448. The number of nitrogens with zero attached hydrogens (tertiary/aromatic N) is 3. The minimum absolute atomic E-state index is 0.167. The third kappa shape index (κ3) is 5.13. The summed E-state index contributed by atoms with van der Waals surface area (Å²) in [7, 11) is -3.99. The number of anilines is 1. The molecule has 8 nitrogen and oxygen atoms in total. The first kappa shape index (κ1) is 23.9. The minimum Gasteiger partial charge on any atom is -0.361 e. The number of nitrogens with one attached hydrogen (secondary N) is 1. The van der Waals surface area contributed by atoms with Crippen LogP contribution in [-0.4, -0.2) is 55.5 Å². The van der Waals surface area contributed by atoms with Gasteiger partial charge in [-0.15, -0.1) is 0 Å². The molecule has 1 N–H and O–H groups in total. The van der Waals surface area contributed by atoms with Crippen LogP contribution in [0.4, 0.5) is 10.1 Å². The Morgan fingerprint density at radius 3 is 2.47 bits per heavy atom. The van der Waals surface area contributed by atoms with E-state index in [1.54, 1.807) is 30.0 Å². The molecule has 0 aliphatic carbocycles. The van der Waals surface area contributed by atoms with Gasteiger partial charge in [-0.25, -0.2) is 12.8 Å². The monoisotopic (exact) mass is 486 g/mol. The highest BCUT2D eigenvalue weighted by molar-refractivity contribution is 7.92. The number of carbonyl (C=O) groups excluding carboxylic acids is 1. The van der Waals surface area contributed by atoms with Gasteiger partial charge in [-0.05, 0) is 56.7 Å². The Hall–Kier alpha value is -3.24. The second kappa shape index (κ2) is 9.55. The van der Waals surface area contributed by atoms with E-state index in [4.69, 9.17) is 4.52 Å². The topological polar surface area (TPSA) is 95.8 Å². The maximum atomic E-state index is 13.8. The summed E-state index contributed by atoms with van der Waals surface area (Å²) >= 11 is 0. The van der Waals surface area contributed by atoms with E-state index in [2.05, 4.69) is 14.8 Å². The van der Waals surface area contributed by atoms with Crippen molar-refractivity contribution in [3.8, 4) is 0 Å². The summed E-state index contributed by atoms with van der Waals surface area (Å²) in [6.07, 6.45) is 0. The first-order valence-corrected chi connectivity index (χ1v) is 12.4. The Morgan fingerprint density at radius 1 is 1.09 bits per heavy atom. The molecule has 1 aromatic heterocycles. The molecule has 34 heavy (non-hydrogen) atoms. The van der Waals surface area contributed by atoms with E-state index < -0.39 is 15.8 Å². The van der Waals surface area contributed by atoms with Crippen LogP contribution in [0.2, 0.25) is 0 Å². The molecule has 0 saturated carbocycles. The average Bonchev–Trinajstić information content (AvgIpc) is 3.13. The fourth-order valence-corrected chi connectivity index (χ4v) is 4.97. The lowest BCUT2D eigenvalue weighted by Crippen LogP contribution is -2.48. The molecule has 0 radical (unpaired) electrons. The number of piperazine rings is 1. The maximum absolute atomic E-state index is 13.8. The van der Waals surface area contributed by atoms with Crippen LogP contribution in [0.25, 0.3) is 0 Å². The largest absolute Gasteiger partial charge is 0.361 e. The van der Waals surface area contributed by atoms with E-state index in [0.717, 1.165) is 29.6 Å². The smallest absolute Gasteiger partial charge is 0.261 e. The lowest BCUT2D eigenvalue weighted by Gasteiger charge is -2.34. The third-order valence-corrected chi connectivity index (χ3v) is 7.42. The molecule has 1 aliphatic rings. The van der Waals surface area contributed by atoms with Crippen molar-refractivity contribution in [2.75, 3.05) is 30.9 Å². The molecule has 1 saturated heterocycles. The van der Waals surface area contributed by atoms with E-state index in [9.17, 15) is 17.6 Å². The zero-order valence-electron chi connectivity index (χ0n) is 19.3. The Kier molecular flexibility index (Phi) is 6.72. The van der Waals surface area contributed by atoms with Gasteiger partial charge in [0, 0.05) is 49.5 Å².